The fourth-order valence-corrected chi connectivity index (χ4v) is 6.84. The fraction of sp³-hybridized carbons (Fsp3) is 0.424. The van der Waals surface area contributed by atoms with Crippen molar-refractivity contribution in [1.29, 1.82) is 0 Å². The van der Waals surface area contributed by atoms with Crippen molar-refractivity contribution >= 4 is 29.5 Å². The van der Waals surface area contributed by atoms with Crippen molar-refractivity contribution in [2.24, 2.45) is 5.41 Å². The van der Waals surface area contributed by atoms with E-state index in [1.54, 1.807) is 16.6 Å². The molecule has 7 rings (SSSR count). The maximum absolute atomic E-state index is 13.8. The molecule has 1 aromatic carbocycles. The molecular weight excluding hydrogens is 561 g/mol. The molecule has 1 unspecified atom stereocenters. The van der Waals surface area contributed by atoms with E-state index in [0.717, 1.165) is 86.9 Å². The van der Waals surface area contributed by atoms with E-state index in [0.29, 0.717) is 12.1 Å². The van der Waals surface area contributed by atoms with E-state index in [1.165, 1.54) is 13.2 Å². The Hall–Kier alpha value is -4.54. The minimum Gasteiger partial charge on any atom is -0.471 e. The van der Waals surface area contributed by atoms with Crippen LogP contribution in [0.15, 0.2) is 54.7 Å². The Labute approximate surface area is 256 Å². The number of likely N-dealkylation sites (tertiary alicyclic amines) is 1. The van der Waals surface area contributed by atoms with Crippen LogP contribution in [0.2, 0.25) is 0 Å². The largest absolute Gasteiger partial charge is 0.471 e. The van der Waals surface area contributed by atoms with E-state index >= 15 is 0 Å². The lowest BCUT2D eigenvalue weighted by atomic mass is 9.86. The fourth-order valence-electron chi connectivity index (χ4n) is 6.84. The number of amides is 1. The minimum atomic E-state index is -0.189. The van der Waals surface area contributed by atoms with Crippen LogP contribution >= 0.6 is 0 Å². The predicted octanol–water partition coefficient (Wildman–Crippen LogP) is 4.41. The van der Waals surface area contributed by atoms with Crippen molar-refractivity contribution in [2.45, 2.75) is 39.0 Å². The number of methoxy groups -OCH3 is 1. The second-order valence-electron chi connectivity index (χ2n) is 12.2. The molecule has 11 heteroatoms. The van der Waals surface area contributed by atoms with Gasteiger partial charge in [-0.25, -0.2) is 18.9 Å². The maximum Gasteiger partial charge on any atom is 0.293 e. The highest BCUT2D eigenvalue weighted by molar-refractivity contribution is 5.91. The van der Waals surface area contributed by atoms with Gasteiger partial charge in [-0.1, -0.05) is 18.2 Å². The Morgan fingerprint density at radius 1 is 1.02 bits per heavy atom. The summed E-state index contributed by atoms with van der Waals surface area (Å²) in [7, 11) is 1.31. The van der Waals surface area contributed by atoms with Crippen LogP contribution in [0.3, 0.4) is 0 Å². The van der Waals surface area contributed by atoms with Gasteiger partial charge in [0.25, 0.3) is 12.4 Å². The summed E-state index contributed by atoms with van der Waals surface area (Å²) in [5, 5.41) is 4.64. The standard InChI is InChI=1S/C31H34FN7O.C2H4O2/c1-21-15-26(36-12-9-24(17-36)23-6-4-7-25(32)16-23)18-39-29(21)34-28(35-39)30(40)38-14-11-31(20-38)10-13-37(19-31)27-8-3-5-22(2)33-27;1-4-2-3/h3-8,15-16,18,24H,9-14,17,19-20H2,1-2H3;2H,1H3/t24?,31-;/m1./s1. The number of aromatic nitrogens is 4. The van der Waals surface area contributed by atoms with Crippen molar-refractivity contribution in [3.8, 4) is 0 Å². The lowest BCUT2D eigenvalue weighted by molar-refractivity contribution is -0.126. The van der Waals surface area contributed by atoms with Crippen molar-refractivity contribution in [3.63, 3.8) is 0 Å². The highest BCUT2D eigenvalue weighted by atomic mass is 19.1. The first-order valence-corrected chi connectivity index (χ1v) is 15.1. The van der Waals surface area contributed by atoms with Crippen LogP contribution in [0, 0.1) is 25.1 Å². The third-order valence-corrected chi connectivity index (χ3v) is 9.13. The number of hydrogen-bond acceptors (Lipinski definition) is 8. The number of hydrogen-bond donors (Lipinski definition) is 0. The molecule has 230 valence electrons. The molecule has 0 N–H and O–H groups in total. The van der Waals surface area contributed by atoms with Gasteiger partial charge in [0.2, 0.25) is 5.82 Å². The SMILES string of the molecule is COC=O.Cc1cccc(N2CC[C@@]3(CCN(C(=O)c4nc5c(C)cc(N6CCC(c7cccc(F)c7)C6)cn5n4)C3)C2)n1. The maximum atomic E-state index is 13.8. The lowest BCUT2D eigenvalue weighted by Crippen LogP contribution is -2.34. The van der Waals surface area contributed by atoms with Crippen molar-refractivity contribution in [1.82, 2.24) is 24.5 Å². The molecule has 10 nitrogen and oxygen atoms in total. The molecule has 6 heterocycles. The molecule has 3 saturated heterocycles. The van der Waals surface area contributed by atoms with Gasteiger partial charge < -0.3 is 19.4 Å². The average Bonchev–Trinajstić information content (AvgIpc) is 3.84. The third-order valence-electron chi connectivity index (χ3n) is 9.13. The smallest absolute Gasteiger partial charge is 0.293 e. The van der Waals surface area contributed by atoms with Crippen molar-refractivity contribution < 1.29 is 18.7 Å². The minimum absolute atomic E-state index is 0.0945. The molecule has 0 bridgehead atoms. The zero-order valence-electron chi connectivity index (χ0n) is 25.4. The van der Waals surface area contributed by atoms with E-state index < -0.39 is 0 Å². The number of carbonyl (C=O) groups excluding carboxylic acids is 2. The van der Waals surface area contributed by atoms with E-state index in [1.807, 2.05) is 37.1 Å². The Kier molecular flexibility index (Phi) is 8.20. The topological polar surface area (TPSA) is 96.2 Å². The molecule has 1 spiro atoms. The first-order chi connectivity index (χ1) is 21.3. The zero-order chi connectivity index (χ0) is 30.8. The number of anilines is 2. The van der Waals surface area contributed by atoms with E-state index in [9.17, 15) is 9.18 Å². The molecular formula is C33H38FN7O3. The number of carbonyl (C=O) groups is 2. The Balaban J connectivity index is 0.000000810. The molecule has 2 atom stereocenters. The van der Waals surface area contributed by atoms with Gasteiger partial charge in [-0.3, -0.25) is 9.59 Å². The number of fused-ring (bicyclic) bond motifs is 1. The van der Waals surface area contributed by atoms with Gasteiger partial charge in [0.1, 0.15) is 11.6 Å². The number of halogens is 1. The number of pyridine rings is 2. The Morgan fingerprint density at radius 2 is 1.82 bits per heavy atom. The van der Waals surface area contributed by atoms with Crippen LogP contribution in [0.1, 0.15) is 52.6 Å². The van der Waals surface area contributed by atoms with E-state index in [-0.39, 0.29) is 28.9 Å². The summed E-state index contributed by atoms with van der Waals surface area (Å²) in [6.07, 6.45) is 4.98. The van der Waals surface area contributed by atoms with Gasteiger partial charge in [-0.15, -0.1) is 5.10 Å². The molecule has 3 fully saturated rings. The van der Waals surface area contributed by atoms with Crippen molar-refractivity contribution in [3.05, 3.63) is 83.2 Å². The van der Waals surface area contributed by atoms with Gasteiger partial charge in [-0.05, 0) is 74.6 Å². The first-order valence-electron chi connectivity index (χ1n) is 15.1. The van der Waals surface area contributed by atoms with Crippen LogP contribution in [0.25, 0.3) is 5.65 Å². The summed E-state index contributed by atoms with van der Waals surface area (Å²) in [5.74, 6) is 1.28. The number of nitrogens with zero attached hydrogens (tertiary/aromatic N) is 7. The lowest BCUT2D eigenvalue weighted by Gasteiger charge is -2.25. The Bertz CT molecular complexity index is 1680. The molecule has 0 saturated carbocycles. The molecule has 4 aromatic rings. The summed E-state index contributed by atoms with van der Waals surface area (Å²) in [4.78, 5) is 38.5. The van der Waals surface area contributed by atoms with Gasteiger partial charge in [-0.2, -0.15) is 0 Å². The van der Waals surface area contributed by atoms with Gasteiger partial charge >= 0.3 is 0 Å². The molecule has 1 amide bonds. The third kappa shape index (κ3) is 5.95. The van der Waals surface area contributed by atoms with Crippen molar-refractivity contribution in [2.75, 3.05) is 56.2 Å². The number of aryl methyl sites for hydroxylation is 2. The Morgan fingerprint density at radius 3 is 2.59 bits per heavy atom. The summed E-state index contributed by atoms with van der Waals surface area (Å²) < 4.78 is 19.4. The van der Waals surface area contributed by atoms with Crippen LogP contribution in [0.5, 0.6) is 0 Å². The summed E-state index contributed by atoms with van der Waals surface area (Å²) in [6, 6.07) is 15.2. The van der Waals surface area contributed by atoms with Crippen LogP contribution < -0.4 is 9.80 Å². The molecule has 3 aromatic heterocycles. The number of benzene rings is 1. The summed E-state index contributed by atoms with van der Waals surface area (Å²) in [6.45, 7) is 9.44. The zero-order valence-corrected chi connectivity index (χ0v) is 25.4. The average molecular weight is 600 g/mol. The highest BCUT2D eigenvalue weighted by Gasteiger charge is 2.45. The van der Waals surface area contributed by atoms with E-state index in [2.05, 4.69) is 42.8 Å². The van der Waals surface area contributed by atoms with Crippen LogP contribution in [0.4, 0.5) is 15.9 Å². The van der Waals surface area contributed by atoms with Crippen LogP contribution in [-0.2, 0) is 9.53 Å². The van der Waals surface area contributed by atoms with Gasteiger partial charge in [0.15, 0.2) is 5.65 Å². The monoisotopic (exact) mass is 599 g/mol. The predicted molar refractivity (Wildman–Crippen MR) is 166 cm³/mol. The second kappa shape index (κ2) is 12.2. The molecule has 0 radical (unpaired) electrons. The molecule has 3 aliphatic rings. The second-order valence-corrected chi connectivity index (χ2v) is 12.2. The normalized spacial score (nSPS) is 21.2. The van der Waals surface area contributed by atoms with E-state index in [4.69, 9.17) is 9.78 Å². The molecule has 0 aliphatic carbocycles. The highest BCUT2D eigenvalue weighted by Crippen LogP contribution is 2.41. The van der Waals surface area contributed by atoms with Gasteiger partial charge in [0, 0.05) is 56.3 Å². The summed E-state index contributed by atoms with van der Waals surface area (Å²) in [5.41, 5.74) is 4.89. The molecule has 44 heavy (non-hydrogen) atoms. The molecule has 3 aliphatic heterocycles. The first kappa shape index (κ1) is 29.5. The number of ether oxygens (including phenoxy) is 1. The number of rotatable bonds is 5. The van der Waals surface area contributed by atoms with Gasteiger partial charge in [0.05, 0.1) is 19.0 Å². The summed E-state index contributed by atoms with van der Waals surface area (Å²) >= 11 is 0. The van der Waals surface area contributed by atoms with Crippen LogP contribution in [-0.4, -0.2) is 83.2 Å². The quantitative estimate of drug-likeness (QED) is 0.312.